The van der Waals surface area contributed by atoms with Gasteiger partial charge >= 0.3 is 0 Å². The topological polar surface area (TPSA) is 77.5 Å². The lowest BCUT2D eigenvalue weighted by Gasteiger charge is -2.29. The number of anilines is 2. The largest absolute Gasteiger partial charge is 0.494 e. The van der Waals surface area contributed by atoms with Gasteiger partial charge in [-0.25, -0.2) is 9.96 Å². The minimum Gasteiger partial charge on any atom is -0.494 e. The van der Waals surface area contributed by atoms with Crippen molar-refractivity contribution >= 4 is 23.2 Å². The molecule has 2 saturated heterocycles. The van der Waals surface area contributed by atoms with E-state index in [9.17, 15) is 9.59 Å². The molecule has 2 heterocycles. The van der Waals surface area contributed by atoms with Crippen LogP contribution in [0.1, 0.15) is 51.6 Å². The fraction of sp³-hybridized carbons (Fsp3) is 0.375. The van der Waals surface area contributed by atoms with Crippen molar-refractivity contribution in [1.29, 1.82) is 0 Å². The summed E-state index contributed by atoms with van der Waals surface area (Å²) >= 11 is 0. The lowest BCUT2D eigenvalue weighted by Crippen LogP contribution is -2.37. The number of carbonyl (C=O) groups is 2. The number of unbranched alkanes of at least 4 members (excludes halogenated alkanes) is 1. The van der Waals surface area contributed by atoms with E-state index in [1.165, 1.54) is 4.90 Å². The lowest BCUT2D eigenvalue weighted by atomic mass is 9.90. The van der Waals surface area contributed by atoms with Crippen LogP contribution in [0.25, 0.3) is 0 Å². The smallest absolute Gasteiger partial charge is 0.266 e. The van der Waals surface area contributed by atoms with Crippen LogP contribution >= 0.6 is 0 Å². The number of benzene rings is 3. The van der Waals surface area contributed by atoms with Gasteiger partial charge in [0.1, 0.15) is 11.7 Å². The molecular weight excluding hydrogens is 508 g/mol. The summed E-state index contributed by atoms with van der Waals surface area (Å²) < 4.78 is 17.6. The molecule has 8 heteroatoms. The van der Waals surface area contributed by atoms with Gasteiger partial charge in [0.2, 0.25) is 5.91 Å². The maximum Gasteiger partial charge on any atom is 0.266 e. The average molecular weight is 545 g/mol. The van der Waals surface area contributed by atoms with E-state index in [1.807, 2.05) is 62.4 Å². The van der Waals surface area contributed by atoms with Gasteiger partial charge < -0.3 is 14.2 Å². The molecule has 0 bridgehead atoms. The number of rotatable bonds is 12. The third-order valence-corrected chi connectivity index (χ3v) is 7.06. The van der Waals surface area contributed by atoms with E-state index in [4.69, 9.17) is 19.0 Å². The van der Waals surface area contributed by atoms with Gasteiger partial charge in [-0.05, 0) is 73.9 Å². The predicted molar refractivity (Wildman–Crippen MR) is 153 cm³/mol. The summed E-state index contributed by atoms with van der Waals surface area (Å²) in [7, 11) is 0. The molecule has 5 rings (SSSR count). The summed E-state index contributed by atoms with van der Waals surface area (Å²) in [6.45, 7) is 7.72. The number of imide groups is 1. The highest BCUT2D eigenvalue weighted by Gasteiger charge is 2.60. The monoisotopic (exact) mass is 544 g/mol. The number of hydrogen-bond acceptors (Lipinski definition) is 7. The standard InChI is InChI=1S/C32H36N2O6/c1-4-7-20-39-26-18-13-22(21-27(26)37-6-3)29-28-30(40-34(29)24-11-9-8-10-12-24)32(36)33(31(28)35)23-14-16-25(17-15-23)38-19-5-2/h8-18,21,28-30H,4-7,19-20H2,1-3H3/t28-,29+,30-/m1/s1. The normalized spacial score (nSPS) is 20.1. The second-order valence-corrected chi connectivity index (χ2v) is 9.85. The molecule has 0 unspecified atom stereocenters. The summed E-state index contributed by atoms with van der Waals surface area (Å²) in [5.74, 6) is 0.515. The van der Waals surface area contributed by atoms with Crippen molar-refractivity contribution in [2.45, 2.75) is 52.2 Å². The molecule has 2 fully saturated rings. The summed E-state index contributed by atoms with van der Waals surface area (Å²) in [4.78, 5) is 35.2. The highest BCUT2D eigenvalue weighted by atomic mass is 16.7. The molecule has 2 aliphatic heterocycles. The van der Waals surface area contributed by atoms with Crippen LogP contribution < -0.4 is 24.2 Å². The first-order valence-corrected chi connectivity index (χ1v) is 14.1. The maximum atomic E-state index is 14.0. The Kier molecular flexibility index (Phi) is 8.55. The van der Waals surface area contributed by atoms with Gasteiger partial charge in [-0.1, -0.05) is 44.5 Å². The number of hydrogen-bond donors (Lipinski definition) is 0. The quantitative estimate of drug-likeness (QED) is 0.201. The Morgan fingerprint density at radius 1 is 0.750 bits per heavy atom. The van der Waals surface area contributed by atoms with Crippen molar-refractivity contribution in [2.24, 2.45) is 5.92 Å². The molecule has 8 nitrogen and oxygen atoms in total. The van der Waals surface area contributed by atoms with E-state index < -0.39 is 18.1 Å². The molecule has 2 amide bonds. The number of amides is 2. The Morgan fingerprint density at radius 2 is 1.52 bits per heavy atom. The van der Waals surface area contributed by atoms with Crippen LogP contribution in [0.5, 0.6) is 17.2 Å². The minimum absolute atomic E-state index is 0.304. The first kappa shape index (κ1) is 27.5. The summed E-state index contributed by atoms with van der Waals surface area (Å²) in [5.41, 5.74) is 2.05. The van der Waals surface area contributed by atoms with Crippen LogP contribution in [0.4, 0.5) is 11.4 Å². The molecule has 3 aromatic rings. The molecule has 0 aromatic heterocycles. The Balaban J connectivity index is 1.50. The zero-order valence-electron chi connectivity index (χ0n) is 23.2. The fourth-order valence-corrected chi connectivity index (χ4v) is 5.14. The third-order valence-electron chi connectivity index (χ3n) is 7.06. The van der Waals surface area contributed by atoms with Crippen LogP contribution in [0, 0.1) is 5.92 Å². The first-order chi connectivity index (χ1) is 19.6. The number of hydroxylamine groups is 1. The molecule has 3 aromatic carbocycles. The summed E-state index contributed by atoms with van der Waals surface area (Å²) in [6, 6.07) is 21.7. The fourth-order valence-electron chi connectivity index (χ4n) is 5.14. The van der Waals surface area contributed by atoms with Gasteiger partial charge in [-0.2, -0.15) is 0 Å². The molecule has 3 atom stereocenters. The van der Waals surface area contributed by atoms with Crippen molar-refractivity contribution in [2.75, 3.05) is 29.8 Å². The predicted octanol–water partition coefficient (Wildman–Crippen LogP) is 6.10. The molecule has 0 spiro atoms. The number of ether oxygens (including phenoxy) is 3. The Morgan fingerprint density at radius 3 is 2.23 bits per heavy atom. The molecule has 0 saturated carbocycles. The maximum absolute atomic E-state index is 14.0. The molecule has 210 valence electrons. The van der Waals surface area contributed by atoms with Gasteiger partial charge in [0.25, 0.3) is 5.91 Å². The molecule has 2 aliphatic rings. The highest BCUT2D eigenvalue weighted by Crippen LogP contribution is 2.48. The number of nitrogens with zero attached hydrogens (tertiary/aromatic N) is 2. The third kappa shape index (κ3) is 5.36. The van der Waals surface area contributed by atoms with Crippen molar-refractivity contribution < 1.29 is 28.6 Å². The van der Waals surface area contributed by atoms with Crippen LogP contribution in [0.2, 0.25) is 0 Å². The summed E-state index contributed by atoms with van der Waals surface area (Å²) in [6.07, 6.45) is 1.90. The Hall–Kier alpha value is -4.04. The van der Waals surface area contributed by atoms with E-state index in [2.05, 4.69) is 6.92 Å². The van der Waals surface area contributed by atoms with Crippen molar-refractivity contribution in [3.63, 3.8) is 0 Å². The van der Waals surface area contributed by atoms with Gasteiger partial charge in [0, 0.05) is 0 Å². The van der Waals surface area contributed by atoms with Crippen LogP contribution in [0.15, 0.2) is 72.8 Å². The van der Waals surface area contributed by atoms with Gasteiger partial charge in [-0.15, -0.1) is 0 Å². The van der Waals surface area contributed by atoms with Crippen LogP contribution in [0.3, 0.4) is 0 Å². The highest BCUT2D eigenvalue weighted by molar-refractivity contribution is 6.23. The zero-order chi connectivity index (χ0) is 28.1. The van der Waals surface area contributed by atoms with Gasteiger partial charge in [0.15, 0.2) is 17.6 Å². The molecule has 0 N–H and O–H groups in total. The van der Waals surface area contributed by atoms with E-state index in [0.29, 0.717) is 42.8 Å². The second-order valence-electron chi connectivity index (χ2n) is 9.85. The van der Waals surface area contributed by atoms with Crippen LogP contribution in [-0.4, -0.2) is 37.7 Å². The molecular formula is C32H36N2O6. The average Bonchev–Trinajstić information content (AvgIpc) is 3.49. The molecule has 40 heavy (non-hydrogen) atoms. The molecule has 0 aliphatic carbocycles. The molecule has 0 radical (unpaired) electrons. The van der Waals surface area contributed by atoms with Crippen LogP contribution in [-0.2, 0) is 14.4 Å². The van der Waals surface area contributed by atoms with E-state index in [0.717, 1.165) is 30.5 Å². The SMILES string of the molecule is CCCCOc1ccc([C@H]2[C@H]3C(=O)N(c4ccc(OCCC)cc4)C(=O)[C@@H]3ON2c2ccccc2)cc1OCC. The number of fused-ring (bicyclic) bond motifs is 1. The summed E-state index contributed by atoms with van der Waals surface area (Å²) in [5, 5.41) is 1.69. The van der Waals surface area contributed by atoms with Crippen molar-refractivity contribution in [3.8, 4) is 17.2 Å². The van der Waals surface area contributed by atoms with Crippen molar-refractivity contribution in [3.05, 3.63) is 78.4 Å². The van der Waals surface area contributed by atoms with E-state index in [1.54, 1.807) is 29.3 Å². The first-order valence-electron chi connectivity index (χ1n) is 14.1. The Bertz CT molecular complexity index is 1310. The number of para-hydroxylation sites is 1. The van der Waals surface area contributed by atoms with E-state index in [-0.39, 0.29) is 11.8 Å². The van der Waals surface area contributed by atoms with Gasteiger partial charge in [-0.3, -0.25) is 14.4 Å². The second kappa shape index (κ2) is 12.4. The Labute approximate surface area is 235 Å². The lowest BCUT2D eigenvalue weighted by molar-refractivity contribution is -0.126. The number of carbonyl (C=O) groups excluding carboxylic acids is 2. The van der Waals surface area contributed by atoms with E-state index >= 15 is 0 Å². The minimum atomic E-state index is -0.954. The zero-order valence-corrected chi connectivity index (χ0v) is 23.2. The van der Waals surface area contributed by atoms with Crippen molar-refractivity contribution in [1.82, 2.24) is 0 Å². The van der Waals surface area contributed by atoms with Gasteiger partial charge in [0.05, 0.1) is 37.2 Å².